The van der Waals surface area contributed by atoms with Gasteiger partial charge in [0.25, 0.3) is 5.91 Å². The molecule has 6 heteroatoms. The highest BCUT2D eigenvalue weighted by Crippen LogP contribution is 2.40. The van der Waals surface area contributed by atoms with Crippen molar-refractivity contribution in [3.63, 3.8) is 0 Å². The van der Waals surface area contributed by atoms with Crippen LogP contribution in [0.4, 0.5) is 5.82 Å². The lowest BCUT2D eigenvalue weighted by Crippen LogP contribution is -2.18. The molecule has 0 spiro atoms. The lowest BCUT2D eigenvalue weighted by molar-refractivity contribution is 0.1000. The van der Waals surface area contributed by atoms with Gasteiger partial charge in [0, 0.05) is 5.54 Å². The molecule has 1 aliphatic rings. The second-order valence-corrected chi connectivity index (χ2v) is 4.99. The van der Waals surface area contributed by atoms with E-state index in [4.69, 9.17) is 10.2 Å². The van der Waals surface area contributed by atoms with Crippen LogP contribution in [-0.2, 0) is 0 Å². The molecule has 18 heavy (non-hydrogen) atoms. The summed E-state index contributed by atoms with van der Waals surface area (Å²) in [4.78, 5) is 19.7. The zero-order chi connectivity index (χ0) is 12.9. The number of carbonyl (C=O) groups excluding carboxylic acids is 1. The molecular weight excluding hydrogens is 232 g/mol. The number of nitrogens with one attached hydrogen (secondary N) is 1. The summed E-state index contributed by atoms with van der Waals surface area (Å²) in [5.41, 5.74) is 6.20. The van der Waals surface area contributed by atoms with E-state index in [1.54, 1.807) is 6.92 Å². The normalized spacial score (nSPS) is 16.8. The van der Waals surface area contributed by atoms with Crippen LogP contribution in [0.2, 0.25) is 0 Å². The van der Waals surface area contributed by atoms with Gasteiger partial charge in [0.15, 0.2) is 0 Å². The van der Waals surface area contributed by atoms with Crippen LogP contribution in [0.25, 0.3) is 11.1 Å². The van der Waals surface area contributed by atoms with Gasteiger partial charge in [0.05, 0.1) is 10.9 Å². The molecule has 3 rings (SSSR count). The average Bonchev–Trinajstić information content (AvgIpc) is 2.89. The highest BCUT2D eigenvalue weighted by molar-refractivity contribution is 6.09. The Hall–Kier alpha value is -2.11. The Bertz CT molecular complexity index is 643. The van der Waals surface area contributed by atoms with Crippen LogP contribution in [-0.4, -0.2) is 21.4 Å². The van der Waals surface area contributed by atoms with Gasteiger partial charge in [-0.2, -0.15) is 0 Å². The van der Waals surface area contributed by atoms with Gasteiger partial charge in [-0.05, 0) is 26.7 Å². The molecule has 1 aliphatic carbocycles. The van der Waals surface area contributed by atoms with Crippen molar-refractivity contribution in [2.75, 3.05) is 5.32 Å². The predicted octanol–water partition coefficient (Wildman–Crippen LogP) is 1.59. The first-order valence-electron chi connectivity index (χ1n) is 5.82. The molecule has 3 N–H and O–H groups in total. The van der Waals surface area contributed by atoms with Crippen LogP contribution >= 0.6 is 0 Å². The Balaban J connectivity index is 2.21. The molecule has 0 unspecified atom stereocenters. The quantitative estimate of drug-likeness (QED) is 0.857. The second kappa shape index (κ2) is 3.44. The number of aromatic nitrogens is 2. The first-order valence-corrected chi connectivity index (χ1v) is 5.82. The van der Waals surface area contributed by atoms with E-state index in [9.17, 15) is 4.79 Å². The molecule has 2 heterocycles. The first kappa shape index (κ1) is 11.0. The van der Waals surface area contributed by atoms with Crippen molar-refractivity contribution in [3.8, 4) is 0 Å². The van der Waals surface area contributed by atoms with Crippen molar-refractivity contribution in [1.82, 2.24) is 9.97 Å². The number of aryl methyl sites for hydroxylation is 1. The van der Waals surface area contributed by atoms with Crippen molar-refractivity contribution in [3.05, 3.63) is 17.7 Å². The fourth-order valence-electron chi connectivity index (χ4n) is 2.03. The van der Waals surface area contributed by atoms with E-state index < -0.39 is 5.91 Å². The maximum Gasteiger partial charge on any atom is 0.253 e. The van der Waals surface area contributed by atoms with Crippen molar-refractivity contribution < 1.29 is 9.21 Å². The smallest absolute Gasteiger partial charge is 0.253 e. The van der Waals surface area contributed by atoms with Crippen LogP contribution < -0.4 is 11.1 Å². The molecule has 0 bridgehead atoms. The van der Waals surface area contributed by atoms with E-state index in [0.29, 0.717) is 28.2 Å². The average molecular weight is 246 g/mol. The third-order valence-electron chi connectivity index (χ3n) is 3.33. The number of rotatable bonds is 3. The molecule has 1 saturated carbocycles. The molecule has 1 fully saturated rings. The van der Waals surface area contributed by atoms with E-state index >= 15 is 0 Å². The minimum absolute atomic E-state index is 0.0569. The highest BCUT2D eigenvalue weighted by atomic mass is 16.3. The molecule has 0 saturated heterocycles. The van der Waals surface area contributed by atoms with Crippen LogP contribution in [0.15, 0.2) is 10.7 Å². The van der Waals surface area contributed by atoms with Crippen LogP contribution in [0.1, 0.15) is 35.9 Å². The first-order chi connectivity index (χ1) is 8.50. The number of furan rings is 1. The largest absolute Gasteiger partial charge is 0.442 e. The van der Waals surface area contributed by atoms with Crippen LogP contribution in [0, 0.1) is 6.92 Å². The molecule has 0 radical (unpaired) electrons. The SMILES string of the molecule is Cc1oc2ncnc(NC3(C)CC3)c2c1C(N)=O. The van der Waals surface area contributed by atoms with Crippen LogP contribution in [0.3, 0.4) is 0 Å². The third-order valence-corrected chi connectivity index (χ3v) is 3.33. The van der Waals surface area contributed by atoms with Crippen molar-refractivity contribution in [1.29, 1.82) is 0 Å². The molecular formula is C12H14N4O2. The second-order valence-electron chi connectivity index (χ2n) is 4.99. The minimum Gasteiger partial charge on any atom is -0.442 e. The molecule has 0 aliphatic heterocycles. The van der Waals surface area contributed by atoms with E-state index in [2.05, 4.69) is 22.2 Å². The Morgan fingerprint density at radius 1 is 1.50 bits per heavy atom. The summed E-state index contributed by atoms with van der Waals surface area (Å²) in [6.07, 6.45) is 3.59. The number of anilines is 1. The Morgan fingerprint density at radius 3 is 2.83 bits per heavy atom. The predicted molar refractivity (Wildman–Crippen MR) is 66.3 cm³/mol. The number of hydrogen-bond donors (Lipinski definition) is 2. The van der Waals surface area contributed by atoms with Gasteiger partial charge in [-0.25, -0.2) is 9.97 Å². The zero-order valence-corrected chi connectivity index (χ0v) is 10.3. The monoisotopic (exact) mass is 246 g/mol. The maximum atomic E-state index is 11.5. The number of fused-ring (bicyclic) bond motifs is 1. The summed E-state index contributed by atoms with van der Waals surface area (Å²) in [7, 11) is 0. The summed E-state index contributed by atoms with van der Waals surface area (Å²) in [5.74, 6) is 0.567. The Morgan fingerprint density at radius 2 is 2.22 bits per heavy atom. The zero-order valence-electron chi connectivity index (χ0n) is 10.3. The summed E-state index contributed by atoms with van der Waals surface area (Å²) >= 11 is 0. The van der Waals surface area contributed by atoms with Crippen molar-refractivity contribution in [2.24, 2.45) is 5.73 Å². The van der Waals surface area contributed by atoms with Crippen LogP contribution in [0.5, 0.6) is 0 Å². The van der Waals surface area contributed by atoms with Gasteiger partial charge in [0.1, 0.15) is 17.9 Å². The van der Waals surface area contributed by atoms with Gasteiger partial charge < -0.3 is 15.5 Å². The lowest BCUT2D eigenvalue weighted by Gasteiger charge is -2.12. The fourth-order valence-corrected chi connectivity index (χ4v) is 2.03. The van der Waals surface area contributed by atoms with Gasteiger partial charge in [0.2, 0.25) is 5.71 Å². The molecule has 0 atom stereocenters. The lowest BCUT2D eigenvalue weighted by atomic mass is 10.1. The standard InChI is InChI=1S/C12H14N4O2/c1-6-7(9(13)17)8-10(16-12(2)3-4-12)14-5-15-11(8)18-6/h5H,3-4H2,1-2H3,(H2,13,17)(H,14,15,16). The van der Waals surface area contributed by atoms with Gasteiger partial charge in [-0.3, -0.25) is 4.79 Å². The number of hydrogen-bond acceptors (Lipinski definition) is 5. The summed E-state index contributed by atoms with van der Waals surface area (Å²) in [5, 5.41) is 3.90. The number of carbonyl (C=O) groups is 1. The fraction of sp³-hybridized carbons (Fsp3) is 0.417. The molecule has 2 aromatic heterocycles. The van der Waals surface area contributed by atoms with E-state index in [1.807, 2.05) is 0 Å². The number of amides is 1. The Labute approximate surface area is 104 Å². The molecule has 2 aromatic rings. The van der Waals surface area contributed by atoms with E-state index in [1.165, 1.54) is 6.33 Å². The molecule has 94 valence electrons. The topological polar surface area (TPSA) is 94.0 Å². The summed E-state index contributed by atoms with van der Waals surface area (Å²) in [6, 6.07) is 0. The number of primary amides is 1. The number of nitrogens with two attached hydrogens (primary N) is 1. The molecule has 0 aromatic carbocycles. The highest BCUT2D eigenvalue weighted by Gasteiger charge is 2.38. The number of nitrogens with zero attached hydrogens (tertiary/aromatic N) is 2. The Kier molecular flexibility index (Phi) is 2.10. The third kappa shape index (κ3) is 1.61. The molecule has 1 amide bonds. The summed E-state index contributed by atoms with van der Waals surface area (Å²) < 4.78 is 5.44. The van der Waals surface area contributed by atoms with E-state index in [-0.39, 0.29) is 5.54 Å². The van der Waals surface area contributed by atoms with Crippen molar-refractivity contribution in [2.45, 2.75) is 32.2 Å². The van der Waals surface area contributed by atoms with Gasteiger partial charge in [-0.1, -0.05) is 0 Å². The minimum atomic E-state index is -0.523. The van der Waals surface area contributed by atoms with Crippen molar-refractivity contribution >= 4 is 22.8 Å². The van der Waals surface area contributed by atoms with E-state index in [0.717, 1.165) is 12.8 Å². The molecule has 6 nitrogen and oxygen atoms in total. The maximum absolute atomic E-state index is 11.5. The van der Waals surface area contributed by atoms with Gasteiger partial charge >= 0.3 is 0 Å². The summed E-state index contributed by atoms with van der Waals surface area (Å²) in [6.45, 7) is 3.81. The van der Waals surface area contributed by atoms with Gasteiger partial charge in [-0.15, -0.1) is 0 Å².